The van der Waals surface area contributed by atoms with E-state index in [0.29, 0.717) is 24.8 Å². The molecule has 1 aromatic rings. The highest BCUT2D eigenvalue weighted by Crippen LogP contribution is 2.30. The van der Waals surface area contributed by atoms with Crippen molar-refractivity contribution in [2.24, 2.45) is 0 Å². The Balaban J connectivity index is 0.00000208. The topological polar surface area (TPSA) is 62.2 Å². The van der Waals surface area contributed by atoms with Gasteiger partial charge in [0.2, 0.25) is 5.91 Å². The Morgan fingerprint density at radius 1 is 1.21 bits per heavy atom. The van der Waals surface area contributed by atoms with Crippen LogP contribution in [0.15, 0.2) is 24.3 Å². The fourth-order valence-corrected chi connectivity index (χ4v) is 2.97. The number of morpholine rings is 1. The standard InChI is InChI=1S/C16H21ClN2O4.ClH/c17-13-3-1-12(2-4-13)15-9-16(21)19(23-15)11-14(20)10-18-5-7-22-8-6-18;/h1-4,14-15,20H,5-11H2;1H/t14?,15-;/m0./s1. The predicted molar refractivity (Wildman–Crippen MR) is 92.1 cm³/mol. The summed E-state index contributed by atoms with van der Waals surface area (Å²) in [6, 6.07) is 7.27. The lowest BCUT2D eigenvalue weighted by Crippen LogP contribution is -2.44. The number of β-amino-alcohol motifs (C(OH)–C–C–N with tert-alkyl or cyclic N) is 1. The number of aliphatic hydroxyl groups excluding tert-OH is 1. The van der Waals surface area contributed by atoms with Crippen LogP contribution >= 0.6 is 24.0 Å². The smallest absolute Gasteiger partial charge is 0.249 e. The number of aliphatic hydroxyl groups is 1. The van der Waals surface area contributed by atoms with Crippen LogP contribution in [0, 0.1) is 0 Å². The molecule has 24 heavy (non-hydrogen) atoms. The third-order valence-corrected chi connectivity index (χ3v) is 4.34. The van der Waals surface area contributed by atoms with Gasteiger partial charge in [-0.3, -0.25) is 14.5 Å². The minimum absolute atomic E-state index is 0. The zero-order chi connectivity index (χ0) is 16.2. The molecule has 2 heterocycles. The molecule has 2 aliphatic rings. The summed E-state index contributed by atoms with van der Waals surface area (Å²) in [4.78, 5) is 19.9. The van der Waals surface area contributed by atoms with Crippen molar-refractivity contribution in [3.8, 4) is 0 Å². The molecule has 0 spiro atoms. The Kier molecular flexibility index (Phi) is 7.28. The third-order valence-electron chi connectivity index (χ3n) is 4.08. The molecule has 0 saturated carbocycles. The van der Waals surface area contributed by atoms with Crippen molar-refractivity contribution in [2.75, 3.05) is 39.4 Å². The van der Waals surface area contributed by atoms with E-state index in [1.807, 2.05) is 12.1 Å². The van der Waals surface area contributed by atoms with Crippen molar-refractivity contribution in [3.05, 3.63) is 34.9 Å². The minimum atomic E-state index is -0.638. The number of rotatable bonds is 5. The van der Waals surface area contributed by atoms with Gasteiger partial charge >= 0.3 is 0 Å². The number of nitrogens with zero attached hydrogens (tertiary/aromatic N) is 2. The quantitative estimate of drug-likeness (QED) is 0.846. The van der Waals surface area contributed by atoms with E-state index in [9.17, 15) is 9.90 Å². The largest absolute Gasteiger partial charge is 0.390 e. The van der Waals surface area contributed by atoms with Gasteiger partial charge in [-0.1, -0.05) is 23.7 Å². The normalized spacial score (nSPS) is 23.2. The number of hydrogen-bond acceptors (Lipinski definition) is 5. The molecular formula is C16H22Cl2N2O4. The summed E-state index contributed by atoms with van der Waals surface area (Å²) in [5.74, 6) is -0.106. The van der Waals surface area contributed by atoms with E-state index in [1.165, 1.54) is 5.06 Å². The van der Waals surface area contributed by atoms with E-state index in [0.717, 1.165) is 18.7 Å². The lowest BCUT2D eigenvalue weighted by molar-refractivity contribution is -0.182. The van der Waals surface area contributed by atoms with Crippen LogP contribution in [-0.2, 0) is 14.4 Å². The molecule has 0 aromatic heterocycles. The van der Waals surface area contributed by atoms with Crippen molar-refractivity contribution in [2.45, 2.75) is 18.6 Å². The van der Waals surface area contributed by atoms with Crippen LogP contribution in [0.2, 0.25) is 5.02 Å². The zero-order valence-corrected chi connectivity index (χ0v) is 14.8. The fourth-order valence-electron chi connectivity index (χ4n) is 2.84. The van der Waals surface area contributed by atoms with Gasteiger partial charge in [-0.25, -0.2) is 5.06 Å². The summed E-state index contributed by atoms with van der Waals surface area (Å²) < 4.78 is 5.28. The van der Waals surface area contributed by atoms with Crippen LogP contribution in [0.5, 0.6) is 0 Å². The molecular weight excluding hydrogens is 355 g/mol. The van der Waals surface area contributed by atoms with Crippen molar-refractivity contribution in [1.29, 1.82) is 0 Å². The summed E-state index contributed by atoms with van der Waals surface area (Å²) in [6.45, 7) is 3.68. The highest BCUT2D eigenvalue weighted by molar-refractivity contribution is 6.30. The maximum atomic E-state index is 12.1. The van der Waals surface area contributed by atoms with Crippen LogP contribution in [0.4, 0.5) is 0 Å². The lowest BCUT2D eigenvalue weighted by atomic mass is 10.1. The Bertz CT molecular complexity index is 537. The van der Waals surface area contributed by atoms with Gasteiger partial charge in [-0.05, 0) is 17.7 Å². The van der Waals surface area contributed by atoms with Crippen LogP contribution in [-0.4, -0.2) is 66.5 Å². The second kappa shape index (κ2) is 8.99. The molecule has 1 amide bonds. The van der Waals surface area contributed by atoms with Crippen LogP contribution in [0.25, 0.3) is 0 Å². The van der Waals surface area contributed by atoms with Gasteiger partial charge in [-0.2, -0.15) is 0 Å². The number of benzene rings is 1. The number of carbonyl (C=O) groups excluding carboxylic acids is 1. The van der Waals surface area contributed by atoms with Gasteiger partial charge in [0.25, 0.3) is 0 Å². The van der Waals surface area contributed by atoms with Gasteiger partial charge in [0.05, 0.1) is 32.3 Å². The summed E-state index contributed by atoms with van der Waals surface area (Å²) in [5.41, 5.74) is 0.910. The van der Waals surface area contributed by atoms with Gasteiger partial charge in [0.15, 0.2) is 0 Å². The summed E-state index contributed by atoms with van der Waals surface area (Å²) in [5, 5.41) is 12.1. The van der Waals surface area contributed by atoms with Crippen molar-refractivity contribution in [3.63, 3.8) is 0 Å². The summed E-state index contributed by atoms with van der Waals surface area (Å²) >= 11 is 5.87. The van der Waals surface area contributed by atoms with E-state index in [1.54, 1.807) is 12.1 Å². The molecule has 2 aliphatic heterocycles. The monoisotopic (exact) mass is 376 g/mol. The molecule has 1 unspecified atom stereocenters. The van der Waals surface area contributed by atoms with Crippen LogP contribution < -0.4 is 0 Å². The second-order valence-electron chi connectivity index (χ2n) is 5.87. The molecule has 2 fully saturated rings. The molecule has 0 radical (unpaired) electrons. The highest BCUT2D eigenvalue weighted by atomic mass is 35.5. The molecule has 1 aromatic carbocycles. The first kappa shape index (κ1) is 19.4. The van der Waals surface area contributed by atoms with Gasteiger partial charge in [0.1, 0.15) is 6.10 Å². The molecule has 134 valence electrons. The minimum Gasteiger partial charge on any atom is -0.390 e. The van der Waals surface area contributed by atoms with Crippen molar-refractivity contribution in [1.82, 2.24) is 9.96 Å². The molecule has 3 rings (SSSR count). The Morgan fingerprint density at radius 3 is 2.54 bits per heavy atom. The number of hydrogen-bond donors (Lipinski definition) is 1. The van der Waals surface area contributed by atoms with Gasteiger partial charge in [-0.15, -0.1) is 12.4 Å². The second-order valence-corrected chi connectivity index (χ2v) is 6.31. The molecule has 2 saturated heterocycles. The SMILES string of the molecule is Cl.O=C1C[C@@H](c2ccc(Cl)cc2)ON1CC(O)CN1CCOCC1. The van der Waals surface area contributed by atoms with Crippen LogP contribution in [0.1, 0.15) is 18.1 Å². The van der Waals surface area contributed by atoms with Crippen molar-refractivity contribution < 1.29 is 19.5 Å². The molecule has 0 aliphatic carbocycles. The number of carbonyl (C=O) groups is 1. The van der Waals surface area contributed by atoms with E-state index in [4.69, 9.17) is 21.2 Å². The maximum Gasteiger partial charge on any atom is 0.249 e. The first-order chi connectivity index (χ1) is 11.1. The third kappa shape index (κ3) is 5.05. The van der Waals surface area contributed by atoms with Crippen molar-refractivity contribution >= 4 is 29.9 Å². The molecule has 2 atom stereocenters. The maximum absolute atomic E-state index is 12.1. The molecule has 8 heteroatoms. The lowest BCUT2D eigenvalue weighted by Gasteiger charge is -2.29. The molecule has 0 bridgehead atoms. The number of amides is 1. The number of ether oxygens (including phenoxy) is 1. The van der Waals surface area contributed by atoms with E-state index < -0.39 is 6.10 Å². The van der Waals surface area contributed by atoms with E-state index in [2.05, 4.69) is 4.90 Å². The molecule has 6 nitrogen and oxygen atoms in total. The number of hydroxylamine groups is 2. The average Bonchev–Trinajstić information content (AvgIpc) is 2.90. The fraction of sp³-hybridized carbons (Fsp3) is 0.562. The van der Waals surface area contributed by atoms with Gasteiger partial charge in [0, 0.05) is 24.7 Å². The number of halogens is 2. The van der Waals surface area contributed by atoms with Crippen LogP contribution in [0.3, 0.4) is 0 Å². The summed E-state index contributed by atoms with van der Waals surface area (Å²) in [7, 11) is 0. The van der Waals surface area contributed by atoms with E-state index >= 15 is 0 Å². The van der Waals surface area contributed by atoms with Gasteiger partial charge < -0.3 is 9.84 Å². The molecule has 1 N–H and O–H groups in total. The summed E-state index contributed by atoms with van der Waals surface area (Å²) in [6.07, 6.45) is -0.664. The first-order valence-corrected chi connectivity index (χ1v) is 8.20. The highest BCUT2D eigenvalue weighted by Gasteiger charge is 2.33. The Hall–Kier alpha value is -0.890. The average molecular weight is 377 g/mol. The van der Waals surface area contributed by atoms with E-state index in [-0.39, 0.29) is 37.4 Å². The Labute approximate surface area is 152 Å². The first-order valence-electron chi connectivity index (χ1n) is 7.82. The predicted octanol–water partition coefficient (Wildman–Crippen LogP) is 1.66. The Morgan fingerprint density at radius 2 is 1.88 bits per heavy atom. The zero-order valence-electron chi connectivity index (χ0n) is 13.3.